The number of carbonyl (C=O) groups is 2. The van der Waals surface area contributed by atoms with Crippen molar-refractivity contribution in [3.8, 4) is 0 Å². The van der Waals surface area contributed by atoms with Crippen LogP contribution in [0.5, 0.6) is 0 Å². The molecular formula is C20H26N2O4. The van der Waals surface area contributed by atoms with Gasteiger partial charge in [0.2, 0.25) is 5.79 Å². The maximum atomic E-state index is 13.0. The van der Waals surface area contributed by atoms with Crippen LogP contribution >= 0.6 is 0 Å². The Kier molecular flexibility index (Phi) is 4.71. The van der Waals surface area contributed by atoms with Crippen molar-refractivity contribution >= 4 is 11.9 Å². The van der Waals surface area contributed by atoms with Crippen LogP contribution in [-0.4, -0.2) is 42.6 Å². The number of rotatable bonds is 4. The van der Waals surface area contributed by atoms with Crippen LogP contribution in [0.4, 0.5) is 4.79 Å². The minimum Gasteiger partial charge on any atom is -0.342 e. The number of urea groups is 1. The second-order valence-corrected chi connectivity index (χ2v) is 7.69. The number of hydrogen-bond donors (Lipinski definition) is 1. The zero-order valence-corrected chi connectivity index (χ0v) is 15.1. The molecule has 0 bridgehead atoms. The maximum absolute atomic E-state index is 13.0. The zero-order valence-electron chi connectivity index (χ0n) is 15.1. The lowest BCUT2D eigenvalue weighted by molar-refractivity contribution is -0.177. The Morgan fingerprint density at radius 3 is 2.38 bits per heavy atom. The van der Waals surface area contributed by atoms with Crippen LogP contribution in [0, 0.1) is 11.8 Å². The summed E-state index contributed by atoms with van der Waals surface area (Å²) in [6.45, 7) is 3.22. The van der Waals surface area contributed by atoms with Gasteiger partial charge in [-0.15, -0.1) is 0 Å². The second-order valence-electron chi connectivity index (χ2n) is 7.69. The van der Waals surface area contributed by atoms with E-state index in [1.807, 2.05) is 30.3 Å². The Labute approximate surface area is 153 Å². The van der Waals surface area contributed by atoms with E-state index in [0.29, 0.717) is 19.1 Å². The molecule has 2 aliphatic heterocycles. The van der Waals surface area contributed by atoms with Crippen molar-refractivity contribution in [3.63, 3.8) is 0 Å². The summed E-state index contributed by atoms with van der Waals surface area (Å²) < 4.78 is 11.8. The van der Waals surface area contributed by atoms with Crippen molar-refractivity contribution < 1.29 is 19.1 Å². The van der Waals surface area contributed by atoms with Crippen LogP contribution in [0.15, 0.2) is 30.3 Å². The lowest BCUT2D eigenvalue weighted by atomic mass is 9.79. The molecule has 1 unspecified atom stereocenters. The summed E-state index contributed by atoms with van der Waals surface area (Å²) in [4.78, 5) is 26.8. The first-order valence-electron chi connectivity index (χ1n) is 9.54. The number of hydrogen-bond acceptors (Lipinski definition) is 4. The van der Waals surface area contributed by atoms with Crippen LogP contribution < -0.4 is 5.32 Å². The van der Waals surface area contributed by atoms with Gasteiger partial charge in [0.15, 0.2) is 0 Å². The molecule has 6 nitrogen and oxygen atoms in total. The number of imide groups is 1. The van der Waals surface area contributed by atoms with E-state index in [2.05, 4.69) is 12.2 Å². The third kappa shape index (κ3) is 3.12. The summed E-state index contributed by atoms with van der Waals surface area (Å²) in [5.74, 6) is -0.282. The van der Waals surface area contributed by atoms with E-state index in [1.165, 1.54) is 4.90 Å². The fraction of sp³-hybridized carbons (Fsp3) is 0.600. The molecule has 2 saturated heterocycles. The van der Waals surface area contributed by atoms with Gasteiger partial charge in [0.05, 0.1) is 19.8 Å². The molecule has 140 valence electrons. The smallest absolute Gasteiger partial charge is 0.325 e. The minimum atomic E-state index is -1.07. The third-order valence-electron chi connectivity index (χ3n) is 5.92. The van der Waals surface area contributed by atoms with Crippen molar-refractivity contribution in [1.82, 2.24) is 10.2 Å². The van der Waals surface area contributed by atoms with E-state index < -0.39 is 11.8 Å². The van der Waals surface area contributed by atoms with Crippen LogP contribution in [0.3, 0.4) is 0 Å². The molecule has 6 heteroatoms. The summed E-state index contributed by atoms with van der Waals surface area (Å²) in [5, 5.41) is 2.91. The van der Waals surface area contributed by atoms with Crippen molar-refractivity contribution in [3.05, 3.63) is 35.9 Å². The Morgan fingerprint density at radius 2 is 1.73 bits per heavy atom. The van der Waals surface area contributed by atoms with E-state index in [1.54, 1.807) is 0 Å². The van der Waals surface area contributed by atoms with Crippen LogP contribution in [-0.2, 0) is 20.1 Å². The number of benzene rings is 1. The molecule has 0 spiro atoms. The lowest BCUT2D eigenvalue weighted by Crippen LogP contribution is -2.45. The van der Waals surface area contributed by atoms with E-state index >= 15 is 0 Å². The van der Waals surface area contributed by atoms with Crippen molar-refractivity contribution in [2.45, 2.75) is 44.4 Å². The SMILES string of the molecule is CC1CCC(C2NC(=O)N(CC3(c4ccccc4)OCCO3)C2=O)CC1. The van der Waals surface area contributed by atoms with Crippen LogP contribution in [0.25, 0.3) is 0 Å². The van der Waals surface area contributed by atoms with Gasteiger partial charge >= 0.3 is 6.03 Å². The van der Waals surface area contributed by atoms with E-state index in [4.69, 9.17) is 9.47 Å². The maximum Gasteiger partial charge on any atom is 0.325 e. The molecule has 1 N–H and O–H groups in total. The van der Waals surface area contributed by atoms with E-state index in [-0.39, 0.29) is 24.4 Å². The topological polar surface area (TPSA) is 67.9 Å². The number of carbonyl (C=O) groups excluding carboxylic acids is 2. The highest BCUT2D eigenvalue weighted by Gasteiger charge is 2.49. The Bertz CT molecular complexity index is 664. The molecule has 1 atom stereocenters. The molecular weight excluding hydrogens is 332 g/mol. The van der Waals surface area contributed by atoms with Gasteiger partial charge < -0.3 is 14.8 Å². The third-order valence-corrected chi connectivity index (χ3v) is 5.92. The van der Waals surface area contributed by atoms with Gasteiger partial charge in [-0.2, -0.15) is 0 Å². The number of ether oxygens (including phenoxy) is 2. The molecule has 1 aromatic rings. The summed E-state index contributed by atoms with van der Waals surface area (Å²) >= 11 is 0. The van der Waals surface area contributed by atoms with Gasteiger partial charge in [0, 0.05) is 5.56 Å². The van der Waals surface area contributed by atoms with Gasteiger partial charge in [0.1, 0.15) is 6.04 Å². The normalized spacial score (nSPS) is 31.3. The minimum absolute atomic E-state index is 0.0846. The van der Waals surface area contributed by atoms with Gasteiger partial charge in [0.25, 0.3) is 5.91 Å². The zero-order chi connectivity index (χ0) is 18.1. The van der Waals surface area contributed by atoms with Gasteiger partial charge in [-0.1, -0.05) is 50.1 Å². The molecule has 0 radical (unpaired) electrons. The first-order chi connectivity index (χ1) is 12.6. The average Bonchev–Trinajstić information content (AvgIpc) is 3.25. The van der Waals surface area contributed by atoms with E-state index in [0.717, 1.165) is 31.2 Å². The van der Waals surface area contributed by atoms with Crippen molar-refractivity contribution in [2.24, 2.45) is 11.8 Å². The highest BCUT2D eigenvalue weighted by molar-refractivity contribution is 6.04. The van der Waals surface area contributed by atoms with Gasteiger partial charge in [-0.25, -0.2) is 4.79 Å². The monoisotopic (exact) mass is 358 g/mol. The molecule has 0 aromatic heterocycles. The van der Waals surface area contributed by atoms with Gasteiger partial charge in [-0.05, 0) is 24.7 Å². The quantitative estimate of drug-likeness (QED) is 0.840. The highest BCUT2D eigenvalue weighted by Crippen LogP contribution is 2.36. The molecule has 4 rings (SSSR count). The number of amides is 3. The second kappa shape index (κ2) is 7.00. The Balaban J connectivity index is 1.52. The predicted octanol–water partition coefficient (Wildman–Crippen LogP) is 2.63. The molecule has 3 fully saturated rings. The summed E-state index contributed by atoms with van der Waals surface area (Å²) in [6, 6.07) is 8.78. The highest BCUT2D eigenvalue weighted by atomic mass is 16.7. The number of nitrogens with zero attached hydrogens (tertiary/aromatic N) is 1. The first-order valence-corrected chi connectivity index (χ1v) is 9.54. The van der Waals surface area contributed by atoms with Crippen LogP contribution in [0.2, 0.25) is 0 Å². The number of nitrogens with one attached hydrogen (secondary N) is 1. The largest absolute Gasteiger partial charge is 0.342 e. The molecule has 3 amide bonds. The predicted molar refractivity (Wildman–Crippen MR) is 95.2 cm³/mol. The fourth-order valence-corrected chi connectivity index (χ4v) is 4.33. The fourth-order valence-electron chi connectivity index (χ4n) is 4.33. The molecule has 26 heavy (non-hydrogen) atoms. The van der Waals surface area contributed by atoms with E-state index in [9.17, 15) is 9.59 Å². The molecule has 2 heterocycles. The standard InChI is InChI=1S/C20H26N2O4/c1-14-7-9-15(10-8-14)17-18(23)22(19(24)21-17)13-20(25-11-12-26-20)16-5-3-2-4-6-16/h2-6,14-15,17H,7-13H2,1H3,(H,21,24). The van der Waals surface area contributed by atoms with Gasteiger partial charge in [-0.3, -0.25) is 9.69 Å². The van der Waals surface area contributed by atoms with Crippen molar-refractivity contribution in [2.75, 3.05) is 19.8 Å². The molecule has 1 aliphatic carbocycles. The summed E-state index contributed by atoms with van der Waals surface area (Å²) in [6.07, 6.45) is 4.21. The molecule has 1 saturated carbocycles. The molecule has 3 aliphatic rings. The van der Waals surface area contributed by atoms with Crippen LogP contribution in [0.1, 0.15) is 38.2 Å². The lowest BCUT2D eigenvalue weighted by Gasteiger charge is -2.31. The average molecular weight is 358 g/mol. The summed E-state index contributed by atoms with van der Waals surface area (Å²) in [7, 11) is 0. The summed E-state index contributed by atoms with van der Waals surface area (Å²) in [5.41, 5.74) is 0.827. The first kappa shape index (κ1) is 17.5. The molecule has 1 aromatic carbocycles. The Morgan fingerprint density at radius 1 is 1.08 bits per heavy atom. The van der Waals surface area contributed by atoms with Crippen molar-refractivity contribution in [1.29, 1.82) is 0 Å². The Hall–Kier alpha value is -1.92.